The molecule has 0 saturated heterocycles. The predicted molar refractivity (Wildman–Crippen MR) is 66.0 cm³/mol. The van der Waals surface area contributed by atoms with Gasteiger partial charge >= 0.3 is 0 Å². The van der Waals surface area contributed by atoms with Crippen LogP contribution < -0.4 is 0 Å². The number of rotatable bonds is 2. The zero-order valence-corrected chi connectivity index (χ0v) is 10.8. The van der Waals surface area contributed by atoms with Crippen molar-refractivity contribution < 1.29 is 4.52 Å². The monoisotopic (exact) mass is 311 g/mol. The van der Waals surface area contributed by atoms with E-state index in [4.69, 9.17) is 12.2 Å². The van der Waals surface area contributed by atoms with Gasteiger partial charge < -0.3 is 9.51 Å². The summed E-state index contributed by atoms with van der Waals surface area (Å²) in [6.07, 6.45) is 3.01. The molecule has 0 spiro atoms. The number of aromatic nitrogens is 5. The average molecular weight is 312 g/mol. The molecule has 0 radical (unpaired) electrons. The molecule has 3 heterocycles. The summed E-state index contributed by atoms with van der Waals surface area (Å²) < 4.78 is 7.98. The van der Waals surface area contributed by atoms with Crippen molar-refractivity contribution in [2.24, 2.45) is 0 Å². The second-order valence-corrected chi connectivity index (χ2v) is 4.69. The lowest BCUT2D eigenvalue weighted by Gasteiger charge is -1.99. The molecule has 6 nitrogen and oxygen atoms in total. The number of fused-ring (bicyclic) bond motifs is 1. The number of nitrogens with zero attached hydrogens (tertiary/aromatic N) is 4. The van der Waals surface area contributed by atoms with Crippen molar-refractivity contribution >= 4 is 39.3 Å². The van der Waals surface area contributed by atoms with Crippen molar-refractivity contribution in [3.05, 3.63) is 33.7 Å². The Labute approximate surface area is 109 Å². The minimum absolute atomic E-state index is 0.434. The summed E-state index contributed by atoms with van der Waals surface area (Å²) in [6.45, 7) is 0.434. The first kappa shape index (κ1) is 10.6. The summed E-state index contributed by atoms with van der Waals surface area (Å²) in [4.78, 5) is 11.4. The lowest BCUT2D eigenvalue weighted by Crippen LogP contribution is -2.02. The average Bonchev–Trinajstić information content (AvgIpc) is 2.88. The number of halogens is 1. The quantitative estimate of drug-likeness (QED) is 0.735. The fourth-order valence-electron chi connectivity index (χ4n) is 1.57. The molecular weight excluding hydrogens is 306 g/mol. The van der Waals surface area contributed by atoms with E-state index in [2.05, 4.69) is 40.6 Å². The van der Waals surface area contributed by atoms with Crippen molar-refractivity contribution in [2.45, 2.75) is 6.54 Å². The highest BCUT2D eigenvalue weighted by molar-refractivity contribution is 9.10. The highest BCUT2D eigenvalue weighted by Gasteiger charge is 2.08. The maximum absolute atomic E-state index is 5.24. The van der Waals surface area contributed by atoms with E-state index < -0.39 is 0 Å². The van der Waals surface area contributed by atoms with Crippen LogP contribution in [0.5, 0.6) is 0 Å². The van der Waals surface area contributed by atoms with Crippen LogP contribution in [0.25, 0.3) is 11.2 Å². The van der Waals surface area contributed by atoms with Crippen molar-refractivity contribution in [1.82, 2.24) is 24.7 Å². The van der Waals surface area contributed by atoms with Gasteiger partial charge in [-0.05, 0) is 34.2 Å². The summed E-state index contributed by atoms with van der Waals surface area (Å²) in [7, 11) is 0. The number of nitrogens with one attached hydrogen (secondary N) is 1. The Bertz CT molecular complexity index is 717. The molecule has 86 valence electrons. The van der Waals surface area contributed by atoms with E-state index in [1.54, 1.807) is 6.20 Å². The Morgan fingerprint density at radius 3 is 3.12 bits per heavy atom. The first-order valence-corrected chi connectivity index (χ1v) is 5.93. The lowest BCUT2D eigenvalue weighted by atomic mass is 10.4. The van der Waals surface area contributed by atoms with Crippen LogP contribution >= 0.6 is 28.1 Å². The molecule has 0 bridgehead atoms. The van der Waals surface area contributed by atoms with Gasteiger partial charge in [0.25, 0.3) is 0 Å². The van der Waals surface area contributed by atoms with E-state index in [0.717, 1.165) is 15.6 Å². The van der Waals surface area contributed by atoms with E-state index in [1.807, 2.05) is 10.6 Å². The molecule has 0 saturated carbocycles. The molecule has 0 aliphatic heterocycles. The third-order valence-corrected chi connectivity index (χ3v) is 3.04. The minimum atomic E-state index is 0.434. The molecule has 0 unspecified atom stereocenters. The van der Waals surface area contributed by atoms with E-state index in [1.165, 1.54) is 6.39 Å². The van der Waals surface area contributed by atoms with Crippen LogP contribution in [-0.4, -0.2) is 24.7 Å². The van der Waals surface area contributed by atoms with E-state index >= 15 is 0 Å². The molecule has 1 N–H and O–H groups in total. The summed E-state index contributed by atoms with van der Waals surface area (Å²) in [5.74, 6) is 0.562. The molecule has 0 amide bonds. The summed E-state index contributed by atoms with van der Waals surface area (Å²) >= 11 is 8.60. The summed E-state index contributed by atoms with van der Waals surface area (Å²) in [5.41, 5.74) is 1.64. The summed E-state index contributed by atoms with van der Waals surface area (Å²) in [6, 6.07) is 1.92. The largest absolute Gasteiger partial charge is 0.343 e. The van der Waals surface area contributed by atoms with Gasteiger partial charge in [0.05, 0.1) is 12.1 Å². The first-order valence-electron chi connectivity index (χ1n) is 4.73. The Hall–Kier alpha value is -1.54. The van der Waals surface area contributed by atoms with E-state index in [0.29, 0.717) is 17.1 Å². The van der Waals surface area contributed by atoms with Gasteiger partial charge in [0.2, 0.25) is 6.39 Å². The molecule has 0 aromatic carbocycles. The highest BCUT2D eigenvalue weighted by atomic mass is 79.9. The van der Waals surface area contributed by atoms with Crippen LogP contribution in [0.2, 0.25) is 0 Å². The molecule has 3 rings (SSSR count). The zero-order chi connectivity index (χ0) is 11.8. The van der Waals surface area contributed by atoms with Gasteiger partial charge in [-0.2, -0.15) is 4.98 Å². The molecule has 8 heteroatoms. The SMILES string of the molecule is S=c1[nH]c2cc(Br)cnc2n1Cc1ncon1. The lowest BCUT2D eigenvalue weighted by molar-refractivity contribution is 0.408. The van der Waals surface area contributed by atoms with Gasteiger partial charge in [-0.1, -0.05) is 5.16 Å². The highest BCUT2D eigenvalue weighted by Crippen LogP contribution is 2.17. The smallest absolute Gasteiger partial charge is 0.213 e. The Morgan fingerprint density at radius 1 is 1.47 bits per heavy atom. The number of H-pyrrole nitrogens is 1. The second-order valence-electron chi connectivity index (χ2n) is 3.39. The third kappa shape index (κ3) is 1.89. The van der Waals surface area contributed by atoms with Gasteiger partial charge in [-0.3, -0.25) is 4.57 Å². The summed E-state index contributed by atoms with van der Waals surface area (Å²) in [5, 5.41) is 3.75. The fourth-order valence-corrected chi connectivity index (χ4v) is 2.16. The van der Waals surface area contributed by atoms with Crippen LogP contribution in [0.15, 0.2) is 27.7 Å². The number of pyridine rings is 1. The Kier molecular flexibility index (Phi) is 2.52. The zero-order valence-electron chi connectivity index (χ0n) is 8.42. The minimum Gasteiger partial charge on any atom is -0.343 e. The van der Waals surface area contributed by atoms with Crippen LogP contribution in [0.4, 0.5) is 0 Å². The standard InChI is InChI=1S/C9H6BrN5OS/c10-5-1-6-8(11-2-5)15(9(17)13-6)3-7-12-4-16-14-7/h1-2,4H,3H2,(H,13,17). The maximum Gasteiger partial charge on any atom is 0.213 e. The van der Waals surface area contributed by atoms with Crippen molar-refractivity contribution in [3.8, 4) is 0 Å². The van der Waals surface area contributed by atoms with Gasteiger partial charge in [-0.25, -0.2) is 4.98 Å². The molecule has 0 atom stereocenters. The van der Waals surface area contributed by atoms with E-state index in [-0.39, 0.29) is 0 Å². The fraction of sp³-hybridized carbons (Fsp3) is 0.111. The van der Waals surface area contributed by atoms with Crippen LogP contribution in [-0.2, 0) is 6.54 Å². The van der Waals surface area contributed by atoms with Crippen molar-refractivity contribution in [3.63, 3.8) is 0 Å². The van der Waals surface area contributed by atoms with Crippen molar-refractivity contribution in [1.29, 1.82) is 0 Å². The Balaban J connectivity index is 2.16. The van der Waals surface area contributed by atoms with Gasteiger partial charge in [0.15, 0.2) is 16.2 Å². The molecule has 17 heavy (non-hydrogen) atoms. The predicted octanol–water partition coefficient (Wildman–Crippen LogP) is 2.29. The molecule has 0 fully saturated rings. The second kappa shape index (κ2) is 4.04. The maximum atomic E-state index is 5.24. The Morgan fingerprint density at radius 2 is 2.35 bits per heavy atom. The van der Waals surface area contributed by atoms with Gasteiger partial charge in [-0.15, -0.1) is 0 Å². The van der Waals surface area contributed by atoms with Crippen molar-refractivity contribution in [2.75, 3.05) is 0 Å². The van der Waals surface area contributed by atoms with E-state index in [9.17, 15) is 0 Å². The third-order valence-electron chi connectivity index (χ3n) is 2.28. The number of hydrogen-bond acceptors (Lipinski definition) is 5. The number of imidazole rings is 1. The first-order chi connectivity index (χ1) is 8.24. The molecular formula is C9H6BrN5OS. The molecule has 0 aliphatic rings. The topological polar surface area (TPSA) is 72.5 Å². The molecule has 3 aromatic heterocycles. The normalized spacial score (nSPS) is 11.1. The molecule has 3 aromatic rings. The molecule has 0 aliphatic carbocycles. The number of aromatic amines is 1. The number of hydrogen-bond donors (Lipinski definition) is 1. The van der Waals surface area contributed by atoms with Gasteiger partial charge in [0, 0.05) is 10.7 Å². The van der Waals surface area contributed by atoms with Crippen LogP contribution in [0, 0.1) is 4.77 Å². The van der Waals surface area contributed by atoms with Gasteiger partial charge in [0.1, 0.15) is 0 Å². The van der Waals surface area contributed by atoms with Crippen LogP contribution in [0.1, 0.15) is 5.82 Å². The van der Waals surface area contributed by atoms with Crippen LogP contribution in [0.3, 0.4) is 0 Å².